The third-order valence-corrected chi connectivity index (χ3v) is 26.6. The minimum atomic E-state index is -2.14. The van der Waals surface area contributed by atoms with Crippen molar-refractivity contribution in [2.24, 2.45) is 0 Å². The van der Waals surface area contributed by atoms with Crippen LogP contribution in [0.3, 0.4) is 0 Å². The van der Waals surface area contributed by atoms with Crippen molar-refractivity contribution in [1.29, 1.82) is 0 Å². The predicted molar refractivity (Wildman–Crippen MR) is 94.1 cm³/mol. The summed E-state index contributed by atoms with van der Waals surface area (Å²) in [5.74, 6) is 0. The molecule has 1 N–H and O–H groups in total. The van der Waals surface area contributed by atoms with Gasteiger partial charge in [0.1, 0.15) is 0 Å². The van der Waals surface area contributed by atoms with E-state index in [0.29, 0.717) is 0 Å². The Morgan fingerprint density at radius 2 is 1.33 bits per heavy atom. The standard InChI is InChI=1S/3C4H9.C3H4IO.Sn/c3*1-3-4-2;4-2-1-3-5;/h3*1,3-4H2,2H3;1,5H,3H2;. The number of unbranched alkanes of at least 4 members (excludes halogenated alkanes) is 3. The van der Waals surface area contributed by atoms with Gasteiger partial charge in [0.2, 0.25) is 0 Å². The third-order valence-electron chi connectivity index (χ3n) is 3.80. The van der Waals surface area contributed by atoms with Crippen LogP contribution in [0, 0.1) is 0 Å². The normalized spacial score (nSPS) is 13.1. The average molecular weight is 473 g/mol. The molecule has 0 aliphatic carbocycles. The van der Waals surface area contributed by atoms with Gasteiger partial charge in [-0.05, 0) is 0 Å². The van der Waals surface area contributed by atoms with Crippen LogP contribution in [-0.4, -0.2) is 30.1 Å². The molecule has 108 valence electrons. The third kappa shape index (κ3) is 7.13. The molecule has 0 heterocycles. The molecule has 0 amide bonds. The summed E-state index contributed by atoms with van der Waals surface area (Å²) in [7, 11) is 0. The van der Waals surface area contributed by atoms with Gasteiger partial charge in [-0.3, -0.25) is 0 Å². The van der Waals surface area contributed by atoms with Crippen molar-refractivity contribution in [3.63, 3.8) is 0 Å². The second-order valence-electron chi connectivity index (χ2n) is 5.33. The van der Waals surface area contributed by atoms with Crippen LogP contribution in [-0.2, 0) is 0 Å². The molecule has 0 aliphatic heterocycles. The number of aliphatic hydroxyl groups is 1. The second-order valence-corrected chi connectivity index (χ2v) is 22.5. The molecule has 0 spiro atoms. The zero-order valence-electron chi connectivity index (χ0n) is 12.5. The maximum atomic E-state index is 9.23. The molecule has 0 aromatic carbocycles. The first kappa shape index (κ1) is 19.2. The second kappa shape index (κ2) is 12.0. The number of hydrogen-bond donors (Lipinski definition) is 1. The van der Waals surface area contributed by atoms with Gasteiger partial charge >= 0.3 is 133 Å². The monoisotopic (exact) mass is 474 g/mol. The molecule has 0 aromatic rings. The van der Waals surface area contributed by atoms with Crippen molar-refractivity contribution in [2.45, 2.75) is 72.6 Å². The molecule has 0 saturated carbocycles. The van der Waals surface area contributed by atoms with Gasteiger partial charge in [-0.15, -0.1) is 0 Å². The fraction of sp³-hybridized carbons (Fsp3) is 0.867. The van der Waals surface area contributed by atoms with E-state index in [0.717, 1.165) is 0 Å². The molecule has 0 atom stereocenters. The number of rotatable bonds is 11. The van der Waals surface area contributed by atoms with E-state index in [9.17, 15) is 5.11 Å². The van der Waals surface area contributed by atoms with Crippen LogP contribution in [0.25, 0.3) is 0 Å². The predicted octanol–water partition coefficient (Wildman–Crippen LogP) is 5.69. The van der Waals surface area contributed by atoms with Gasteiger partial charge in [0.25, 0.3) is 0 Å². The SMILES string of the molecule is CCC[CH2][Sn]([CH2]CCC)([CH2]CCC)/[C](I)=C\CO. The van der Waals surface area contributed by atoms with Crippen LogP contribution < -0.4 is 0 Å². The van der Waals surface area contributed by atoms with Crippen molar-refractivity contribution in [3.05, 3.63) is 7.67 Å². The molecule has 1 nitrogen and oxygen atoms in total. The summed E-state index contributed by atoms with van der Waals surface area (Å²) in [6.07, 6.45) is 10.3. The Balaban J connectivity index is 4.90. The molecular formula is C15H31IOSn. The van der Waals surface area contributed by atoms with Gasteiger partial charge in [0.05, 0.1) is 0 Å². The van der Waals surface area contributed by atoms with Crippen molar-refractivity contribution in [3.8, 4) is 0 Å². The molecule has 0 aromatic heterocycles. The molecule has 18 heavy (non-hydrogen) atoms. The molecule has 0 bridgehead atoms. The van der Waals surface area contributed by atoms with Crippen molar-refractivity contribution in [1.82, 2.24) is 0 Å². The average Bonchev–Trinajstić information content (AvgIpc) is 2.38. The Hall–Kier alpha value is 1.23. The van der Waals surface area contributed by atoms with E-state index in [1.54, 1.807) is 1.60 Å². The summed E-state index contributed by atoms with van der Waals surface area (Å²) in [6.45, 7) is 7.15. The van der Waals surface area contributed by atoms with Crippen LogP contribution >= 0.6 is 22.6 Å². The van der Waals surface area contributed by atoms with Crippen LogP contribution in [0.1, 0.15) is 59.3 Å². The van der Waals surface area contributed by atoms with Crippen molar-refractivity contribution in [2.75, 3.05) is 6.61 Å². The molecule has 0 unspecified atom stereocenters. The topological polar surface area (TPSA) is 20.2 Å². The Labute approximate surface area is 132 Å². The molecule has 0 fully saturated rings. The Morgan fingerprint density at radius 3 is 1.61 bits per heavy atom. The van der Waals surface area contributed by atoms with E-state index in [-0.39, 0.29) is 6.61 Å². The summed E-state index contributed by atoms with van der Waals surface area (Å²) < 4.78 is 6.11. The fourth-order valence-corrected chi connectivity index (χ4v) is 22.7. The van der Waals surface area contributed by atoms with Crippen LogP contribution in [0.15, 0.2) is 7.67 Å². The van der Waals surface area contributed by atoms with Crippen molar-refractivity contribution >= 4 is 41.0 Å². The first-order valence-electron chi connectivity index (χ1n) is 7.63. The minimum absolute atomic E-state index is 0.237. The number of hydrogen-bond acceptors (Lipinski definition) is 1. The summed E-state index contributed by atoms with van der Waals surface area (Å²) >= 11 is 0.431. The van der Waals surface area contributed by atoms with E-state index in [1.807, 2.05) is 0 Å². The summed E-state index contributed by atoms with van der Waals surface area (Å²) in [6, 6.07) is 0. The van der Waals surface area contributed by atoms with Gasteiger partial charge in [-0.25, -0.2) is 0 Å². The maximum absolute atomic E-state index is 9.23. The number of halogens is 1. The van der Waals surface area contributed by atoms with E-state index in [1.165, 1.54) is 51.8 Å². The van der Waals surface area contributed by atoms with Gasteiger partial charge < -0.3 is 0 Å². The number of aliphatic hydroxyl groups excluding tert-OH is 1. The van der Waals surface area contributed by atoms with E-state index in [4.69, 9.17) is 0 Å². The van der Waals surface area contributed by atoms with Gasteiger partial charge in [-0.2, -0.15) is 0 Å². The fourth-order valence-electron chi connectivity index (χ4n) is 2.58. The zero-order valence-corrected chi connectivity index (χ0v) is 17.5. The van der Waals surface area contributed by atoms with Crippen molar-refractivity contribution < 1.29 is 5.11 Å². The molecular weight excluding hydrogens is 442 g/mol. The Kier molecular flexibility index (Phi) is 12.8. The van der Waals surface area contributed by atoms with Gasteiger partial charge in [0.15, 0.2) is 0 Å². The summed E-state index contributed by atoms with van der Waals surface area (Å²) in [5.41, 5.74) is 0. The molecule has 0 saturated heterocycles. The Morgan fingerprint density at radius 1 is 0.944 bits per heavy atom. The molecule has 0 radical (unpaired) electrons. The first-order valence-corrected chi connectivity index (χ1v) is 16.2. The van der Waals surface area contributed by atoms with Crippen LogP contribution in [0.2, 0.25) is 13.3 Å². The quantitative estimate of drug-likeness (QED) is 0.303. The van der Waals surface area contributed by atoms with E-state index in [2.05, 4.69) is 49.4 Å². The molecule has 0 aliphatic rings. The first-order chi connectivity index (χ1) is 8.66. The zero-order chi connectivity index (χ0) is 13.9. The molecule has 3 heteroatoms. The van der Waals surface area contributed by atoms with Gasteiger partial charge in [-0.1, -0.05) is 0 Å². The summed E-state index contributed by atoms with van der Waals surface area (Å²) in [4.78, 5) is 0. The Bertz CT molecular complexity index is 207. The van der Waals surface area contributed by atoms with E-state index < -0.39 is 18.4 Å². The molecule has 0 rings (SSSR count). The van der Waals surface area contributed by atoms with E-state index >= 15 is 0 Å². The van der Waals surface area contributed by atoms with Crippen LogP contribution in [0.4, 0.5) is 0 Å². The van der Waals surface area contributed by atoms with Crippen LogP contribution in [0.5, 0.6) is 0 Å². The summed E-state index contributed by atoms with van der Waals surface area (Å²) in [5, 5.41) is 9.23. The van der Waals surface area contributed by atoms with Gasteiger partial charge in [0, 0.05) is 0 Å².